The van der Waals surface area contributed by atoms with Gasteiger partial charge in [0.1, 0.15) is 5.75 Å². The second-order valence-corrected chi connectivity index (χ2v) is 12.2. The van der Waals surface area contributed by atoms with Crippen molar-refractivity contribution in [3.8, 4) is 5.75 Å². The van der Waals surface area contributed by atoms with E-state index < -0.39 is 0 Å². The number of amides is 1. The van der Waals surface area contributed by atoms with Gasteiger partial charge in [-0.1, -0.05) is 64.4 Å². The second-order valence-electron chi connectivity index (χ2n) is 12.2. The molecule has 196 valence electrons. The Hall–Kier alpha value is -1.55. The van der Waals surface area contributed by atoms with E-state index in [-0.39, 0.29) is 17.4 Å². The van der Waals surface area contributed by atoms with Crippen molar-refractivity contribution in [3.05, 3.63) is 29.3 Å². The Morgan fingerprint density at radius 3 is 2.40 bits per heavy atom. The Morgan fingerprint density at radius 2 is 1.69 bits per heavy atom. The number of aromatic hydroxyl groups is 1. The van der Waals surface area contributed by atoms with Gasteiger partial charge in [0.2, 0.25) is 5.91 Å². The van der Waals surface area contributed by atoms with Gasteiger partial charge < -0.3 is 15.5 Å². The lowest BCUT2D eigenvalue weighted by Crippen LogP contribution is -2.47. The number of fused-ring (bicyclic) bond motifs is 5. The summed E-state index contributed by atoms with van der Waals surface area (Å²) in [5.74, 6) is 3.17. The molecule has 4 heteroatoms. The molecule has 3 aliphatic carbocycles. The van der Waals surface area contributed by atoms with E-state index in [1.54, 1.807) is 7.05 Å². The second kappa shape index (κ2) is 12.1. The highest BCUT2D eigenvalue weighted by atomic mass is 16.3. The molecule has 0 unspecified atom stereocenters. The minimum absolute atomic E-state index is 0.0953. The van der Waals surface area contributed by atoms with Crippen molar-refractivity contribution in [1.29, 1.82) is 0 Å². The number of nitrogens with one attached hydrogen (secondary N) is 1. The van der Waals surface area contributed by atoms with Gasteiger partial charge in [0.05, 0.1) is 6.10 Å². The number of unbranched alkanes of at least 4 members (excludes halogenated alkanes) is 8. The van der Waals surface area contributed by atoms with E-state index in [9.17, 15) is 15.0 Å². The minimum Gasteiger partial charge on any atom is -0.508 e. The third-order valence-electron chi connectivity index (χ3n) is 10.0. The maximum Gasteiger partial charge on any atom is 0.219 e. The van der Waals surface area contributed by atoms with Crippen LogP contribution < -0.4 is 5.32 Å². The summed E-state index contributed by atoms with van der Waals surface area (Å²) in [6, 6.07) is 6.13. The van der Waals surface area contributed by atoms with E-state index in [1.807, 2.05) is 12.1 Å². The average Bonchev–Trinajstić information content (AvgIpc) is 3.15. The number of aliphatic hydroxyl groups excluding tert-OH is 1. The fourth-order valence-electron chi connectivity index (χ4n) is 8.18. The van der Waals surface area contributed by atoms with E-state index in [0.717, 1.165) is 25.7 Å². The van der Waals surface area contributed by atoms with Gasteiger partial charge in [0.15, 0.2) is 0 Å². The van der Waals surface area contributed by atoms with Crippen LogP contribution in [0.15, 0.2) is 18.2 Å². The first kappa shape index (κ1) is 26.5. The molecule has 0 spiro atoms. The predicted octanol–water partition coefficient (Wildman–Crippen LogP) is 6.87. The Labute approximate surface area is 213 Å². The van der Waals surface area contributed by atoms with Crippen molar-refractivity contribution in [1.82, 2.24) is 5.32 Å². The molecule has 3 N–H and O–H groups in total. The van der Waals surface area contributed by atoms with Crippen LogP contribution in [0.2, 0.25) is 0 Å². The summed E-state index contributed by atoms with van der Waals surface area (Å²) in [5, 5.41) is 23.7. The van der Waals surface area contributed by atoms with Crippen molar-refractivity contribution >= 4 is 5.91 Å². The van der Waals surface area contributed by atoms with Gasteiger partial charge in [-0.25, -0.2) is 0 Å². The minimum atomic E-state index is -0.131. The van der Waals surface area contributed by atoms with E-state index in [4.69, 9.17) is 0 Å². The number of carbonyl (C=O) groups is 1. The number of phenolic OH excluding ortho intramolecular Hbond substituents is 1. The summed E-state index contributed by atoms with van der Waals surface area (Å²) in [6.07, 6.45) is 18.7. The van der Waals surface area contributed by atoms with Crippen molar-refractivity contribution < 1.29 is 15.0 Å². The molecule has 1 amide bonds. The summed E-state index contributed by atoms with van der Waals surface area (Å²) in [5.41, 5.74) is 2.97. The molecule has 2 fully saturated rings. The maximum absolute atomic E-state index is 11.3. The number of carbonyl (C=O) groups excluding carboxylic acids is 1. The molecule has 0 saturated heterocycles. The zero-order valence-corrected chi connectivity index (χ0v) is 22.2. The summed E-state index contributed by atoms with van der Waals surface area (Å²) in [7, 11) is 1.71. The van der Waals surface area contributed by atoms with Crippen LogP contribution in [-0.2, 0) is 11.2 Å². The lowest BCUT2D eigenvalue weighted by Gasteiger charge is -2.54. The van der Waals surface area contributed by atoms with E-state index >= 15 is 0 Å². The van der Waals surface area contributed by atoms with Gasteiger partial charge in [-0.2, -0.15) is 0 Å². The van der Waals surface area contributed by atoms with Crippen LogP contribution in [0.5, 0.6) is 5.75 Å². The molecule has 3 aliphatic rings. The molecular weight excluding hydrogens is 434 g/mol. The maximum atomic E-state index is 11.3. The Bertz CT molecular complexity index is 839. The summed E-state index contributed by atoms with van der Waals surface area (Å²) >= 11 is 0. The molecule has 0 heterocycles. The topological polar surface area (TPSA) is 69.6 Å². The summed E-state index contributed by atoms with van der Waals surface area (Å²) < 4.78 is 0. The number of phenols is 1. The van der Waals surface area contributed by atoms with Gasteiger partial charge in [-0.3, -0.25) is 4.79 Å². The molecule has 1 aromatic carbocycles. The quantitative estimate of drug-likeness (QED) is 0.284. The standard InChI is InChI=1S/C31H49NO3/c1-31-21-23(12-10-8-6-4-3-5-7-9-11-13-29(35)32-2)30-25-17-15-24(33)20-22(25)14-16-26(30)27(31)18-19-28(31)34/h15,17,20,23,26-28,30,33-34H,3-14,16,18-19,21H2,1-2H3,(H,32,35)/t23-,26-,27-,28-,30+,31-/m0/s1. The van der Waals surface area contributed by atoms with Gasteiger partial charge >= 0.3 is 0 Å². The van der Waals surface area contributed by atoms with Gasteiger partial charge in [-0.15, -0.1) is 0 Å². The van der Waals surface area contributed by atoms with Crippen LogP contribution in [-0.4, -0.2) is 29.3 Å². The number of benzene rings is 1. The van der Waals surface area contributed by atoms with Crippen LogP contribution in [0.4, 0.5) is 0 Å². The van der Waals surface area contributed by atoms with Gasteiger partial charge in [0.25, 0.3) is 0 Å². The molecule has 35 heavy (non-hydrogen) atoms. The first-order valence-corrected chi connectivity index (χ1v) is 14.6. The van der Waals surface area contributed by atoms with Crippen molar-refractivity contribution in [2.75, 3.05) is 7.05 Å². The molecule has 4 rings (SSSR count). The van der Waals surface area contributed by atoms with Gasteiger partial charge in [0, 0.05) is 13.5 Å². The highest BCUT2D eigenvalue weighted by molar-refractivity contribution is 5.75. The largest absolute Gasteiger partial charge is 0.508 e. The number of rotatable bonds is 12. The molecule has 0 bridgehead atoms. The zero-order valence-electron chi connectivity index (χ0n) is 22.2. The monoisotopic (exact) mass is 483 g/mol. The molecular formula is C31H49NO3. The zero-order chi connectivity index (χ0) is 24.8. The molecule has 0 radical (unpaired) electrons. The fourth-order valence-corrected chi connectivity index (χ4v) is 8.18. The Morgan fingerprint density at radius 1 is 1.00 bits per heavy atom. The van der Waals surface area contributed by atoms with Crippen LogP contribution in [0.3, 0.4) is 0 Å². The number of aliphatic hydroxyl groups is 1. The lowest BCUT2D eigenvalue weighted by molar-refractivity contribution is -0.120. The molecule has 6 atom stereocenters. The normalized spacial score (nSPS) is 31.5. The smallest absolute Gasteiger partial charge is 0.219 e. The van der Waals surface area contributed by atoms with Crippen molar-refractivity contribution in [2.24, 2.45) is 23.2 Å². The molecule has 2 saturated carbocycles. The van der Waals surface area contributed by atoms with Crippen LogP contribution in [0, 0.1) is 23.2 Å². The van der Waals surface area contributed by atoms with Crippen LogP contribution in [0.25, 0.3) is 0 Å². The SMILES string of the molecule is CNC(=O)CCCCCCCCCCC[C@H]1C[C@]2(C)[C@@H](O)CC[C@H]2[C@@H]2CCc3cc(O)ccc3[C@@H]12. The third kappa shape index (κ3) is 6.06. The van der Waals surface area contributed by atoms with Crippen LogP contribution >= 0.6 is 0 Å². The number of hydrogen-bond donors (Lipinski definition) is 3. The molecule has 0 aromatic heterocycles. The lowest BCUT2D eigenvalue weighted by atomic mass is 9.51. The summed E-state index contributed by atoms with van der Waals surface area (Å²) in [6.45, 7) is 2.39. The Balaban J connectivity index is 1.25. The third-order valence-corrected chi connectivity index (χ3v) is 10.0. The Kier molecular flexibility index (Phi) is 9.18. The molecule has 1 aromatic rings. The van der Waals surface area contributed by atoms with Gasteiger partial charge in [-0.05, 0) is 97.3 Å². The molecule has 0 aliphatic heterocycles. The van der Waals surface area contributed by atoms with E-state index in [2.05, 4.69) is 18.3 Å². The number of aryl methyl sites for hydroxylation is 1. The van der Waals surface area contributed by atoms with Crippen LogP contribution in [0.1, 0.15) is 120 Å². The van der Waals surface area contributed by atoms with E-state index in [1.165, 1.54) is 81.8 Å². The first-order valence-electron chi connectivity index (χ1n) is 14.6. The number of hydrogen-bond acceptors (Lipinski definition) is 3. The highest BCUT2D eigenvalue weighted by Crippen LogP contribution is 2.63. The van der Waals surface area contributed by atoms with Crippen molar-refractivity contribution in [2.45, 2.75) is 122 Å². The van der Waals surface area contributed by atoms with E-state index in [0.29, 0.717) is 35.8 Å². The van der Waals surface area contributed by atoms with Crippen molar-refractivity contribution in [3.63, 3.8) is 0 Å². The first-order chi connectivity index (χ1) is 16.9. The predicted molar refractivity (Wildman–Crippen MR) is 142 cm³/mol. The molecule has 4 nitrogen and oxygen atoms in total. The average molecular weight is 484 g/mol. The fraction of sp³-hybridized carbons (Fsp3) is 0.774. The summed E-state index contributed by atoms with van der Waals surface area (Å²) in [4.78, 5) is 11.3. The highest BCUT2D eigenvalue weighted by Gasteiger charge is 2.57.